The number of hydrogen-bond donors (Lipinski definition) is 3. The number of nitrogens with two attached hydrogens (primary N) is 2. The Morgan fingerprint density at radius 2 is 1.60 bits per heavy atom. The molecule has 0 unspecified atom stereocenters. The maximum absolute atomic E-state index is 12.1. The van der Waals surface area contributed by atoms with E-state index in [0.29, 0.717) is 19.6 Å². The summed E-state index contributed by atoms with van der Waals surface area (Å²) in [6.07, 6.45) is 0.727. The molecule has 1 rings (SSSR count). The van der Waals surface area contributed by atoms with Gasteiger partial charge in [-0.25, -0.2) is 0 Å². The van der Waals surface area contributed by atoms with Crippen LogP contribution in [0.25, 0.3) is 0 Å². The quantitative estimate of drug-likeness (QED) is 0.462. The zero-order chi connectivity index (χ0) is 15.1. The lowest BCUT2D eigenvalue weighted by Gasteiger charge is -2.24. The fourth-order valence-electron chi connectivity index (χ4n) is 1.90. The molecule has 0 saturated carbocycles. The topological polar surface area (TPSA) is 139 Å². The summed E-state index contributed by atoms with van der Waals surface area (Å²) in [6.45, 7) is 1.16. The van der Waals surface area contributed by atoms with Gasteiger partial charge in [0, 0.05) is 19.6 Å². The second-order valence-electron chi connectivity index (χ2n) is 4.49. The van der Waals surface area contributed by atoms with Gasteiger partial charge in [0.15, 0.2) is 0 Å². The fraction of sp³-hybridized carbons (Fsp3) is 0.636. The zero-order valence-corrected chi connectivity index (χ0v) is 11.1. The Balaban J connectivity index is 2.73. The normalized spacial score (nSPS) is 15.3. The minimum absolute atomic E-state index is 0.394. The molecule has 1 fully saturated rings. The van der Waals surface area contributed by atoms with Gasteiger partial charge in [-0.2, -0.15) is 0 Å². The highest BCUT2D eigenvalue weighted by molar-refractivity contribution is 6.35. The smallest absolute Gasteiger partial charge is 0.313 e. The molecule has 1 aliphatic rings. The molecule has 0 aromatic rings. The van der Waals surface area contributed by atoms with Crippen LogP contribution in [0.1, 0.15) is 6.42 Å². The van der Waals surface area contributed by atoms with E-state index in [2.05, 4.69) is 5.32 Å². The van der Waals surface area contributed by atoms with Crippen LogP contribution in [0.5, 0.6) is 0 Å². The van der Waals surface area contributed by atoms with Crippen molar-refractivity contribution in [3.8, 4) is 0 Å². The van der Waals surface area contributed by atoms with Crippen molar-refractivity contribution in [2.75, 3.05) is 39.3 Å². The first kappa shape index (κ1) is 15.9. The van der Waals surface area contributed by atoms with Crippen LogP contribution in [0, 0.1) is 0 Å². The van der Waals surface area contributed by atoms with E-state index in [-0.39, 0.29) is 0 Å². The van der Waals surface area contributed by atoms with Crippen molar-refractivity contribution >= 4 is 23.6 Å². The summed E-state index contributed by atoms with van der Waals surface area (Å²) >= 11 is 0. The molecular formula is C11H19N5O4. The molecule has 9 heteroatoms. The van der Waals surface area contributed by atoms with E-state index >= 15 is 0 Å². The van der Waals surface area contributed by atoms with E-state index in [1.54, 1.807) is 0 Å². The summed E-state index contributed by atoms with van der Waals surface area (Å²) in [5.41, 5.74) is 9.98. The lowest BCUT2D eigenvalue weighted by molar-refractivity contribution is -0.153. The first-order valence-corrected chi connectivity index (χ1v) is 6.27. The third kappa shape index (κ3) is 4.84. The Labute approximate surface area is 116 Å². The number of carbonyl (C=O) groups is 4. The largest absolute Gasteiger partial charge is 0.368 e. The molecule has 20 heavy (non-hydrogen) atoms. The Morgan fingerprint density at radius 1 is 1.00 bits per heavy atom. The van der Waals surface area contributed by atoms with Crippen molar-refractivity contribution in [1.29, 1.82) is 0 Å². The van der Waals surface area contributed by atoms with E-state index in [4.69, 9.17) is 11.5 Å². The summed E-state index contributed by atoms with van der Waals surface area (Å²) in [6, 6.07) is 0. The van der Waals surface area contributed by atoms with E-state index in [1.807, 2.05) is 0 Å². The minimum Gasteiger partial charge on any atom is -0.368 e. The molecule has 4 amide bonds. The highest BCUT2D eigenvalue weighted by atomic mass is 16.2. The highest BCUT2D eigenvalue weighted by Gasteiger charge is 2.29. The van der Waals surface area contributed by atoms with Gasteiger partial charge in [0.05, 0.1) is 0 Å². The molecule has 0 aromatic carbocycles. The molecule has 0 radical (unpaired) electrons. The van der Waals surface area contributed by atoms with Gasteiger partial charge in [0.2, 0.25) is 11.8 Å². The Hall–Kier alpha value is -2.16. The number of primary amides is 2. The maximum Gasteiger partial charge on any atom is 0.313 e. The molecule has 0 atom stereocenters. The Kier molecular flexibility index (Phi) is 5.91. The average molecular weight is 285 g/mol. The van der Waals surface area contributed by atoms with Crippen molar-refractivity contribution in [3.63, 3.8) is 0 Å². The first-order chi connectivity index (χ1) is 9.41. The van der Waals surface area contributed by atoms with Crippen molar-refractivity contribution in [2.24, 2.45) is 11.5 Å². The first-order valence-electron chi connectivity index (χ1n) is 6.27. The van der Waals surface area contributed by atoms with Crippen LogP contribution in [0.15, 0.2) is 0 Å². The zero-order valence-electron chi connectivity index (χ0n) is 11.1. The van der Waals surface area contributed by atoms with Crippen molar-refractivity contribution in [3.05, 3.63) is 0 Å². The van der Waals surface area contributed by atoms with Gasteiger partial charge >= 0.3 is 11.8 Å². The molecule has 1 heterocycles. The van der Waals surface area contributed by atoms with Crippen LogP contribution >= 0.6 is 0 Å². The van der Waals surface area contributed by atoms with Gasteiger partial charge in [0.1, 0.15) is 13.1 Å². The molecule has 1 aliphatic heterocycles. The summed E-state index contributed by atoms with van der Waals surface area (Å²) < 4.78 is 0. The second kappa shape index (κ2) is 7.43. The Morgan fingerprint density at radius 3 is 2.15 bits per heavy atom. The van der Waals surface area contributed by atoms with E-state index < -0.39 is 36.7 Å². The number of amides is 4. The lowest BCUT2D eigenvalue weighted by Crippen LogP contribution is -2.51. The Bertz CT molecular complexity index is 388. The molecule has 1 saturated heterocycles. The van der Waals surface area contributed by atoms with E-state index in [9.17, 15) is 19.2 Å². The average Bonchev–Trinajstić information content (AvgIpc) is 2.63. The summed E-state index contributed by atoms with van der Waals surface area (Å²) in [4.78, 5) is 48.0. The molecule has 0 bridgehead atoms. The lowest BCUT2D eigenvalue weighted by atomic mass is 10.3. The van der Waals surface area contributed by atoms with Gasteiger partial charge < -0.3 is 26.6 Å². The van der Waals surface area contributed by atoms with E-state index in [0.717, 1.165) is 17.9 Å². The van der Waals surface area contributed by atoms with Gasteiger partial charge in [-0.3, -0.25) is 19.2 Å². The molecule has 112 valence electrons. The van der Waals surface area contributed by atoms with Crippen LogP contribution in [0.4, 0.5) is 0 Å². The molecule has 0 aromatic heterocycles. The predicted octanol–water partition coefficient (Wildman–Crippen LogP) is -3.39. The van der Waals surface area contributed by atoms with Gasteiger partial charge in [0.25, 0.3) is 0 Å². The second-order valence-corrected chi connectivity index (χ2v) is 4.49. The van der Waals surface area contributed by atoms with E-state index in [1.165, 1.54) is 4.90 Å². The molecule has 5 N–H and O–H groups in total. The summed E-state index contributed by atoms with van der Waals surface area (Å²) in [5, 5.41) is 3.10. The number of nitrogens with zero attached hydrogens (tertiary/aromatic N) is 2. The van der Waals surface area contributed by atoms with Crippen molar-refractivity contribution in [2.45, 2.75) is 6.42 Å². The molecular weight excluding hydrogens is 266 g/mol. The monoisotopic (exact) mass is 285 g/mol. The summed E-state index contributed by atoms with van der Waals surface area (Å²) in [7, 11) is 0. The third-order valence-corrected chi connectivity index (χ3v) is 2.79. The maximum atomic E-state index is 12.1. The predicted molar refractivity (Wildman–Crippen MR) is 69.0 cm³/mol. The SMILES string of the molecule is NC(=O)CN(CC(N)=O)C(=O)C(=O)N1CCCNCC1. The van der Waals surface area contributed by atoms with Crippen LogP contribution in [-0.4, -0.2) is 72.7 Å². The number of carbonyl (C=O) groups excluding carboxylic acids is 4. The van der Waals surface area contributed by atoms with Crippen LogP contribution in [0.2, 0.25) is 0 Å². The summed E-state index contributed by atoms with van der Waals surface area (Å²) in [5.74, 6) is -3.32. The van der Waals surface area contributed by atoms with Gasteiger partial charge in [-0.1, -0.05) is 0 Å². The van der Waals surface area contributed by atoms with Crippen LogP contribution in [0.3, 0.4) is 0 Å². The standard InChI is InChI=1S/C11H19N5O4/c12-8(17)6-16(7-9(13)18)11(20)10(19)15-4-1-2-14-3-5-15/h14H,1-7H2,(H2,12,17)(H2,13,18). The van der Waals surface area contributed by atoms with Crippen LogP contribution < -0.4 is 16.8 Å². The van der Waals surface area contributed by atoms with Crippen LogP contribution in [-0.2, 0) is 19.2 Å². The van der Waals surface area contributed by atoms with Crippen molar-refractivity contribution < 1.29 is 19.2 Å². The number of nitrogens with one attached hydrogen (secondary N) is 1. The highest BCUT2D eigenvalue weighted by Crippen LogP contribution is 2.00. The fourth-order valence-corrected chi connectivity index (χ4v) is 1.90. The van der Waals surface area contributed by atoms with Crippen molar-refractivity contribution in [1.82, 2.24) is 15.1 Å². The van der Waals surface area contributed by atoms with Gasteiger partial charge in [-0.15, -0.1) is 0 Å². The molecule has 9 nitrogen and oxygen atoms in total. The van der Waals surface area contributed by atoms with Gasteiger partial charge in [-0.05, 0) is 13.0 Å². The minimum atomic E-state index is -0.940. The third-order valence-electron chi connectivity index (χ3n) is 2.79. The number of hydrogen-bond acceptors (Lipinski definition) is 5. The number of rotatable bonds is 4. The molecule has 0 aliphatic carbocycles. The molecule has 0 spiro atoms.